The Bertz CT molecular complexity index is 222. The van der Waals surface area contributed by atoms with Crippen LogP contribution in [0, 0.1) is 5.92 Å². The maximum absolute atomic E-state index is 11.6. The third-order valence-electron chi connectivity index (χ3n) is 3.29. The Morgan fingerprint density at radius 2 is 2.00 bits per heavy atom. The molecule has 1 saturated carbocycles. The van der Waals surface area contributed by atoms with Gasteiger partial charge in [0, 0.05) is 25.6 Å². The number of hydrogen-bond acceptors (Lipinski definition) is 3. The van der Waals surface area contributed by atoms with Gasteiger partial charge in [-0.3, -0.25) is 10.2 Å². The van der Waals surface area contributed by atoms with Crippen LogP contribution in [0.3, 0.4) is 0 Å². The summed E-state index contributed by atoms with van der Waals surface area (Å²) in [7, 11) is 0. The fourth-order valence-corrected chi connectivity index (χ4v) is 2.13. The molecule has 0 spiro atoms. The maximum Gasteiger partial charge on any atom is 0.235 e. The van der Waals surface area contributed by atoms with Crippen LogP contribution in [0.15, 0.2) is 0 Å². The summed E-state index contributed by atoms with van der Waals surface area (Å²) in [4.78, 5) is 11.6. The molecule has 1 saturated heterocycles. The van der Waals surface area contributed by atoms with Gasteiger partial charge in [0.2, 0.25) is 5.91 Å². The summed E-state index contributed by atoms with van der Waals surface area (Å²) in [6.45, 7) is 1.98. The van der Waals surface area contributed by atoms with E-state index in [1.807, 2.05) is 5.01 Å². The lowest BCUT2D eigenvalue weighted by Gasteiger charge is -2.27. The first-order valence-corrected chi connectivity index (χ1v) is 6.06. The summed E-state index contributed by atoms with van der Waals surface area (Å²) in [5.74, 6) is 0.702. The van der Waals surface area contributed by atoms with E-state index in [4.69, 9.17) is 5.73 Å². The summed E-state index contributed by atoms with van der Waals surface area (Å²) >= 11 is 0. The fourth-order valence-electron chi connectivity index (χ4n) is 2.13. The van der Waals surface area contributed by atoms with Crippen molar-refractivity contribution in [2.45, 2.75) is 44.6 Å². The first kappa shape index (κ1) is 10.9. The van der Waals surface area contributed by atoms with Gasteiger partial charge in [-0.05, 0) is 31.6 Å². The Hall–Kier alpha value is -0.610. The van der Waals surface area contributed by atoms with Gasteiger partial charge in [-0.1, -0.05) is 6.42 Å². The average Bonchev–Trinajstić information content (AvgIpc) is 3.01. The highest BCUT2D eigenvalue weighted by Gasteiger charge is 2.30. The smallest absolute Gasteiger partial charge is 0.235 e. The van der Waals surface area contributed by atoms with Crippen LogP contribution in [0.4, 0.5) is 0 Å². The Morgan fingerprint density at radius 3 is 2.60 bits per heavy atom. The van der Waals surface area contributed by atoms with Gasteiger partial charge in [-0.25, -0.2) is 5.01 Å². The monoisotopic (exact) mass is 211 g/mol. The van der Waals surface area contributed by atoms with E-state index in [-0.39, 0.29) is 11.9 Å². The highest BCUT2D eigenvalue weighted by Crippen LogP contribution is 2.32. The van der Waals surface area contributed by atoms with Crippen LogP contribution >= 0.6 is 0 Å². The van der Waals surface area contributed by atoms with Crippen molar-refractivity contribution in [3.63, 3.8) is 0 Å². The van der Waals surface area contributed by atoms with E-state index in [1.165, 1.54) is 32.1 Å². The molecule has 0 aromatic carbocycles. The zero-order valence-corrected chi connectivity index (χ0v) is 9.24. The number of rotatable bonds is 4. The zero-order chi connectivity index (χ0) is 10.7. The summed E-state index contributed by atoms with van der Waals surface area (Å²) in [5, 5.41) is 2.03. The second-order valence-electron chi connectivity index (χ2n) is 4.79. The van der Waals surface area contributed by atoms with E-state index in [1.54, 1.807) is 0 Å². The Morgan fingerprint density at radius 1 is 1.33 bits per heavy atom. The van der Waals surface area contributed by atoms with Crippen LogP contribution in [-0.2, 0) is 4.79 Å². The minimum atomic E-state index is 0.0785. The van der Waals surface area contributed by atoms with Crippen molar-refractivity contribution >= 4 is 5.91 Å². The third-order valence-corrected chi connectivity index (χ3v) is 3.29. The molecule has 2 rings (SSSR count). The van der Waals surface area contributed by atoms with Gasteiger partial charge >= 0.3 is 0 Å². The third kappa shape index (κ3) is 3.47. The van der Waals surface area contributed by atoms with E-state index >= 15 is 0 Å². The van der Waals surface area contributed by atoms with Crippen molar-refractivity contribution in [1.29, 1.82) is 0 Å². The van der Waals surface area contributed by atoms with E-state index < -0.39 is 0 Å². The van der Waals surface area contributed by atoms with Gasteiger partial charge in [0.1, 0.15) is 0 Å². The van der Waals surface area contributed by atoms with Crippen molar-refractivity contribution in [2.75, 3.05) is 13.1 Å². The number of nitrogens with one attached hydrogen (secondary N) is 1. The van der Waals surface area contributed by atoms with Crippen molar-refractivity contribution in [1.82, 2.24) is 10.4 Å². The predicted molar refractivity (Wildman–Crippen MR) is 58.9 cm³/mol. The van der Waals surface area contributed by atoms with Gasteiger partial charge in [-0.2, -0.15) is 0 Å². The molecule has 1 atom stereocenters. The van der Waals surface area contributed by atoms with Crippen LogP contribution in [0.25, 0.3) is 0 Å². The van der Waals surface area contributed by atoms with E-state index in [9.17, 15) is 4.79 Å². The second-order valence-corrected chi connectivity index (χ2v) is 4.79. The summed E-state index contributed by atoms with van der Waals surface area (Å²) in [6, 6.07) is 0.0785. The molecule has 86 valence electrons. The Balaban J connectivity index is 1.66. The molecule has 0 radical (unpaired) electrons. The summed E-state index contributed by atoms with van der Waals surface area (Å²) in [6.07, 6.45) is 6.56. The van der Waals surface area contributed by atoms with Crippen LogP contribution in [-0.4, -0.2) is 30.0 Å². The van der Waals surface area contributed by atoms with Crippen molar-refractivity contribution in [2.24, 2.45) is 11.7 Å². The van der Waals surface area contributed by atoms with Crippen molar-refractivity contribution < 1.29 is 4.79 Å². The topological polar surface area (TPSA) is 58.4 Å². The highest BCUT2D eigenvalue weighted by molar-refractivity contribution is 5.76. The number of hydrazine groups is 1. The number of amides is 1. The number of hydrogen-bond donors (Lipinski definition) is 2. The van der Waals surface area contributed by atoms with Crippen LogP contribution in [0.2, 0.25) is 0 Å². The van der Waals surface area contributed by atoms with Gasteiger partial charge in [-0.15, -0.1) is 0 Å². The fraction of sp³-hybridized carbons (Fsp3) is 0.909. The maximum atomic E-state index is 11.6. The van der Waals surface area contributed by atoms with Crippen LogP contribution < -0.4 is 11.2 Å². The normalized spacial score (nSPS) is 24.9. The minimum Gasteiger partial charge on any atom is -0.327 e. The second kappa shape index (κ2) is 4.94. The summed E-state index contributed by atoms with van der Waals surface area (Å²) in [5.41, 5.74) is 8.85. The molecule has 1 amide bonds. The van der Waals surface area contributed by atoms with Gasteiger partial charge in [0.05, 0.1) is 0 Å². The molecule has 0 aromatic heterocycles. The Kier molecular flexibility index (Phi) is 3.59. The van der Waals surface area contributed by atoms with E-state index in [0.29, 0.717) is 12.3 Å². The molecule has 4 heteroatoms. The van der Waals surface area contributed by atoms with Crippen LogP contribution in [0.1, 0.15) is 38.5 Å². The molecular weight excluding hydrogens is 190 g/mol. The minimum absolute atomic E-state index is 0.0785. The molecule has 2 aliphatic rings. The molecule has 15 heavy (non-hydrogen) atoms. The molecule has 1 heterocycles. The first-order valence-electron chi connectivity index (χ1n) is 6.06. The zero-order valence-electron chi connectivity index (χ0n) is 9.24. The highest BCUT2D eigenvalue weighted by atomic mass is 16.2. The lowest BCUT2D eigenvalue weighted by molar-refractivity contribution is -0.126. The van der Waals surface area contributed by atoms with Crippen molar-refractivity contribution in [3.8, 4) is 0 Å². The molecular formula is C11H21N3O. The number of carbonyl (C=O) groups is 1. The quantitative estimate of drug-likeness (QED) is 0.717. The molecule has 1 unspecified atom stereocenters. The molecule has 0 bridgehead atoms. The van der Waals surface area contributed by atoms with Gasteiger partial charge in [0.25, 0.3) is 0 Å². The largest absolute Gasteiger partial charge is 0.327 e. The number of carbonyl (C=O) groups excluding carboxylic acids is 1. The van der Waals surface area contributed by atoms with Gasteiger partial charge < -0.3 is 5.73 Å². The predicted octanol–water partition coefficient (Wildman–Crippen LogP) is 0.631. The van der Waals surface area contributed by atoms with E-state index in [0.717, 1.165) is 13.1 Å². The molecule has 2 fully saturated rings. The lowest BCUT2D eigenvalue weighted by atomic mass is 10.1. The molecule has 0 aromatic rings. The summed E-state index contributed by atoms with van der Waals surface area (Å²) < 4.78 is 0. The molecule has 1 aliphatic carbocycles. The SMILES string of the molecule is NC(CC(=O)NN1CCCCC1)C1CC1. The molecule has 3 N–H and O–H groups in total. The number of nitrogens with zero attached hydrogens (tertiary/aromatic N) is 1. The average molecular weight is 211 g/mol. The van der Waals surface area contributed by atoms with Crippen molar-refractivity contribution in [3.05, 3.63) is 0 Å². The van der Waals surface area contributed by atoms with Gasteiger partial charge in [0.15, 0.2) is 0 Å². The number of piperidine rings is 1. The standard InChI is InChI=1S/C11H21N3O/c12-10(9-4-5-9)8-11(15)13-14-6-2-1-3-7-14/h9-10H,1-8,12H2,(H,13,15). The first-order chi connectivity index (χ1) is 7.25. The lowest BCUT2D eigenvalue weighted by Crippen LogP contribution is -2.46. The van der Waals surface area contributed by atoms with E-state index in [2.05, 4.69) is 5.43 Å². The number of nitrogens with two attached hydrogens (primary N) is 1. The Labute approximate surface area is 91.2 Å². The van der Waals surface area contributed by atoms with Crippen LogP contribution in [0.5, 0.6) is 0 Å². The molecule has 4 nitrogen and oxygen atoms in total. The molecule has 1 aliphatic heterocycles.